The highest BCUT2D eigenvalue weighted by molar-refractivity contribution is 6.04. The molecule has 0 saturated carbocycles. The Morgan fingerprint density at radius 2 is 2.14 bits per heavy atom. The highest BCUT2D eigenvalue weighted by Crippen LogP contribution is 2.23. The molecule has 2 rings (SSSR count). The van der Waals surface area contributed by atoms with Gasteiger partial charge in [0.05, 0.1) is 0 Å². The Bertz CT molecular complexity index is 397. The van der Waals surface area contributed by atoms with Crippen molar-refractivity contribution in [3.05, 3.63) is 40.8 Å². The number of hydrogen-bond acceptors (Lipinski definition) is 2. The highest BCUT2D eigenvalue weighted by atomic mass is 16.2. The molecule has 1 aromatic carbocycles. The third-order valence-electron chi connectivity index (χ3n) is 2.17. The summed E-state index contributed by atoms with van der Waals surface area (Å²) in [7, 11) is 0. The molecule has 0 aromatic heterocycles. The van der Waals surface area contributed by atoms with Crippen LogP contribution in [0.25, 0.3) is 10.4 Å². The second kappa shape index (κ2) is 3.40. The topological polar surface area (TPSA) is 69.1 Å². The zero-order chi connectivity index (χ0) is 9.97. The van der Waals surface area contributed by atoms with E-state index in [0.29, 0.717) is 6.54 Å². The minimum atomic E-state index is -0.514. The lowest BCUT2D eigenvalue weighted by molar-refractivity contribution is -0.123. The summed E-state index contributed by atoms with van der Waals surface area (Å²) < 4.78 is 0. The molecule has 1 unspecified atom stereocenters. The van der Waals surface area contributed by atoms with Gasteiger partial charge in [-0.15, -0.1) is 0 Å². The van der Waals surface area contributed by atoms with E-state index in [4.69, 9.17) is 5.53 Å². The summed E-state index contributed by atoms with van der Waals surface area (Å²) in [6, 6.07) is 8.81. The van der Waals surface area contributed by atoms with E-state index >= 15 is 0 Å². The first-order chi connectivity index (χ1) is 6.83. The van der Waals surface area contributed by atoms with Crippen LogP contribution in [-0.4, -0.2) is 18.5 Å². The van der Waals surface area contributed by atoms with Crippen LogP contribution < -0.4 is 4.90 Å². The molecule has 1 aromatic rings. The molecule has 1 fully saturated rings. The van der Waals surface area contributed by atoms with E-state index in [1.54, 1.807) is 4.90 Å². The molecule has 5 heteroatoms. The molecule has 14 heavy (non-hydrogen) atoms. The van der Waals surface area contributed by atoms with Gasteiger partial charge < -0.3 is 4.90 Å². The van der Waals surface area contributed by atoms with E-state index in [1.165, 1.54) is 0 Å². The van der Waals surface area contributed by atoms with Crippen LogP contribution in [0.3, 0.4) is 0 Å². The molecule has 1 heterocycles. The molecule has 0 bridgehead atoms. The van der Waals surface area contributed by atoms with Crippen LogP contribution in [0.2, 0.25) is 0 Å². The number of benzene rings is 1. The van der Waals surface area contributed by atoms with Gasteiger partial charge in [-0.25, -0.2) is 0 Å². The van der Waals surface area contributed by atoms with Gasteiger partial charge in [0.1, 0.15) is 6.04 Å². The van der Waals surface area contributed by atoms with Crippen molar-refractivity contribution in [1.82, 2.24) is 0 Å². The molecule has 0 spiro atoms. The molecule has 1 atom stereocenters. The predicted octanol–water partition coefficient (Wildman–Crippen LogP) is 1.71. The van der Waals surface area contributed by atoms with E-state index in [0.717, 1.165) is 5.69 Å². The highest BCUT2D eigenvalue weighted by Gasteiger charge is 2.36. The van der Waals surface area contributed by atoms with Crippen molar-refractivity contribution < 1.29 is 4.79 Å². The SMILES string of the molecule is [N-]=[N+]=NC1CN(c2ccccc2)C1=O. The second-order valence-corrected chi connectivity index (χ2v) is 3.01. The lowest BCUT2D eigenvalue weighted by Crippen LogP contribution is -2.55. The minimum Gasteiger partial charge on any atom is -0.311 e. The monoisotopic (exact) mass is 188 g/mol. The van der Waals surface area contributed by atoms with Gasteiger partial charge in [-0.05, 0) is 17.7 Å². The van der Waals surface area contributed by atoms with Gasteiger partial charge in [0.2, 0.25) is 5.91 Å². The molecule has 70 valence electrons. The molecule has 0 radical (unpaired) electrons. The second-order valence-electron chi connectivity index (χ2n) is 3.01. The zero-order valence-corrected chi connectivity index (χ0v) is 7.37. The fourth-order valence-electron chi connectivity index (χ4n) is 1.40. The average molecular weight is 188 g/mol. The fourth-order valence-corrected chi connectivity index (χ4v) is 1.40. The normalized spacial score (nSPS) is 19.9. The number of azide groups is 1. The van der Waals surface area contributed by atoms with Gasteiger partial charge in [0.25, 0.3) is 0 Å². The van der Waals surface area contributed by atoms with Crippen molar-refractivity contribution in [1.29, 1.82) is 0 Å². The standard InChI is InChI=1S/C9H8N4O/c10-12-11-8-6-13(9(8)14)7-4-2-1-3-5-7/h1-5,8H,6H2. The van der Waals surface area contributed by atoms with Crippen molar-refractivity contribution in [3.8, 4) is 0 Å². The summed E-state index contributed by atoms with van der Waals surface area (Å²) in [4.78, 5) is 15.6. The lowest BCUT2D eigenvalue weighted by atomic mass is 10.1. The Hall–Kier alpha value is -2.00. The number of rotatable bonds is 2. The number of hydrogen-bond donors (Lipinski definition) is 0. The van der Waals surface area contributed by atoms with Crippen molar-refractivity contribution in [3.63, 3.8) is 0 Å². The van der Waals surface area contributed by atoms with Crippen LogP contribution in [0.15, 0.2) is 35.4 Å². The van der Waals surface area contributed by atoms with Gasteiger partial charge in [-0.3, -0.25) is 4.79 Å². The van der Waals surface area contributed by atoms with Gasteiger partial charge >= 0.3 is 0 Å². The lowest BCUT2D eigenvalue weighted by Gasteiger charge is -2.35. The van der Waals surface area contributed by atoms with Gasteiger partial charge in [0.15, 0.2) is 0 Å². The minimum absolute atomic E-state index is 0.131. The third kappa shape index (κ3) is 1.30. The number of anilines is 1. The number of β-lactam (4-membered cyclic amide) rings is 1. The van der Waals surface area contributed by atoms with Gasteiger partial charge in [-0.1, -0.05) is 23.3 Å². The molecule has 1 saturated heterocycles. The number of carbonyl (C=O) groups is 1. The van der Waals surface area contributed by atoms with Gasteiger partial charge in [-0.2, -0.15) is 0 Å². The maximum absolute atomic E-state index is 11.4. The number of carbonyl (C=O) groups excluding carboxylic acids is 1. The molecule has 1 aliphatic heterocycles. The zero-order valence-electron chi connectivity index (χ0n) is 7.37. The third-order valence-corrected chi connectivity index (χ3v) is 2.17. The average Bonchev–Trinajstić information content (AvgIpc) is 2.24. The molecule has 0 N–H and O–H groups in total. The number of amides is 1. The summed E-state index contributed by atoms with van der Waals surface area (Å²) in [5.74, 6) is -0.131. The molecule has 0 aliphatic carbocycles. The van der Waals surface area contributed by atoms with Crippen LogP contribution in [0, 0.1) is 0 Å². The van der Waals surface area contributed by atoms with Crippen molar-refractivity contribution in [2.24, 2.45) is 5.11 Å². The quantitative estimate of drug-likeness (QED) is 0.301. The smallest absolute Gasteiger partial charge is 0.237 e. The van der Waals surface area contributed by atoms with Crippen LogP contribution in [0.4, 0.5) is 5.69 Å². The van der Waals surface area contributed by atoms with E-state index in [2.05, 4.69) is 10.0 Å². The summed E-state index contributed by atoms with van der Waals surface area (Å²) in [6.07, 6.45) is 0. The maximum atomic E-state index is 11.4. The van der Waals surface area contributed by atoms with E-state index in [9.17, 15) is 4.79 Å². The molecule has 1 aliphatic rings. The number of nitrogens with zero attached hydrogens (tertiary/aromatic N) is 4. The molecular weight excluding hydrogens is 180 g/mol. The van der Waals surface area contributed by atoms with Crippen molar-refractivity contribution in [2.75, 3.05) is 11.4 Å². The first-order valence-electron chi connectivity index (χ1n) is 4.23. The fraction of sp³-hybridized carbons (Fsp3) is 0.222. The summed E-state index contributed by atoms with van der Waals surface area (Å²) >= 11 is 0. The summed E-state index contributed by atoms with van der Waals surface area (Å²) in [5.41, 5.74) is 9.01. The molecular formula is C9H8N4O. The van der Waals surface area contributed by atoms with E-state index < -0.39 is 6.04 Å². The number of para-hydroxylation sites is 1. The maximum Gasteiger partial charge on any atom is 0.237 e. The summed E-state index contributed by atoms with van der Waals surface area (Å²) in [5, 5.41) is 3.38. The van der Waals surface area contributed by atoms with E-state index in [1.807, 2.05) is 30.3 Å². The van der Waals surface area contributed by atoms with Crippen LogP contribution in [-0.2, 0) is 4.79 Å². The first kappa shape index (κ1) is 8.59. The predicted molar refractivity (Wildman–Crippen MR) is 51.7 cm³/mol. The molecule has 5 nitrogen and oxygen atoms in total. The van der Waals surface area contributed by atoms with Crippen LogP contribution in [0.5, 0.6) is 0 Å². The summed E-state index contributed by atoms with van der Waals surface area (Å²) in [6.45, 7) is 0.479. The Kier molecular flexibility index (Phi) is 2.08. The Morgan fingerprint density at radius 1 is 1.43 bits per heavy atom. The Labute approximate surface area is 80.6 Å². The van der Waals surface area contributed by atoms with Crippen LogP contribution >= 0.6 is 0 Å². The van der Waals surface area contributed by atoms with Crippen molar-refractivity contribution >= 4 is 11.6 Å². The van der Waals surface area contributed by atoms with Gasteiger partial charge in [0, 0.05) is 17.1 Å². The first-order valence-corrected chi connectivity index (χ1v) is 4.23. The molecule has 1 amide bonds. The van der Waals surface area contributed by atoms with Crippen molar-refractivity contribution in [2.45, 2.75) is 6.04 Å². The van der Waals surface area contributed by atoms with E-state index in [-0.39, 0.29) is 5.91 Å². The Balaban J connectivity index is 2.12. The Morgan fingerprint density at radius 3 is 2.71 bits per heavy atom. The van der Waals surface area contributed by atoms with Crippen LogP contribution in [0.1, 0.15) is 0 Å². The largest absolute Gasteiger partial charge is 0.311 e.